The molecule has 0 bridgehead atoms. The molecule has 0 amide bonds. The van der Waals surface area contributed by atoms with Gasteiger partial charge in [-0.15, -0.1) is 0 Å². The van der Waals surface area contributed by atoms with E-state index in [9.17, 15) is 4.79 Å². The lowest BCUT2D eigenvalue weighted by molar-refractivity contribution is -0.119. The fourth-order valence-electron chi connectivity index (χ4n) is 2.26. The second-order valence-corrected chi connectivity index (χ2v) is 12.5. The third-order valence-electron chi connectivity index (χ3n) is 4.55. The Kier molecular flexibility index (Phi) is 6.68. The molecule has 1 unspecified atom stereocenters. The Hall–Kier alpha value is -0.113. The van der Waals surface area contributed by atoms with Crippen molar-refractivity contribution in [1.29, 1.82) is 0 Å². The van der Waals surface area contributed by atoms with E-state index in [0.717, 1.165) is 32.1 Å². The Balaban J connectivity index is 4.89. The molecule has 0 heterocycles. The Labute approximate surface area is 109 Å². The molecule has 0 saturated heterocycles. The maximum atomic E-state index is 12.4. The van der Waals surface area contributed by atoms with Gasteiger partial charge in [-0.05, 0) is 17.9 Å². The quantitative estimate of drug-likeness (QED) is 0.555. The van der Waals surface area contributed by atoms with E-state index in [0.29, 0.717) is 16.4 Å². The van der Waals surface area contributed by atoms with Crippen LogP contribution < -0.4 is 0 Å². The first kappa shape index (κ1) is 16.9. The summed E-state index contributed by atoms with van der Waals surface area (Å²) in [4.78, 5) is 12.4. The lowest BCUT2D eigenvalue weighted by Gasteiger charge is -2.42. The van der Waals surface area contributed by atoms with Crippen LogP contribution in [0.3, 0.4) is 0 Å². The summed E-state index contributed by atoms with van der Waals surface area (Å²) < 4.78 is 0. The second kappa shape index (κ2) is 6.72. The standard InChI is InChI=1S/C15H32OSi/c1-8-10-12-13(16)14(11-9-2)17(6,7)15(3,4)5/h14H,8-12H2,1-7H3. The first-order valence-corrected chi connectivity index (χ1v) is 10.3. The molecule has 0 N–H and O–H groups in total. The molecule has 0 fully saturated rings. The van der Waals surface area contributed by atoms with Crippen LogP contribution in [0.4, 0.5) is 0 Å². The maximum Gasteiger partial charge on any atom is 0.133 e. The molecule has 0 aliphatic rings. The zero-order chi connectivity index (χ0) is 13.7. The van der Waals surface area contributed by atoms with Gasteiger partial charge in [-0.25, -0.2) is 0 Å². The molecule has 0 radical (unpaired) electrons. The highest BCUT2D eigenvalue weighted by Gasteiger charge is 2.44. The fourth-order valence-corrected chi connectivity index (χ4v) is 5.27. The molecule has 0 aromatic carbocycles. The van der Waals surface area contributed by atoms with Crippen molar-refractivity contribution >= 4 is 13.9 Å². The van der Waals surface area contributed by atoms with E-state index < -0.39 is 8.07 Å². The van der Waals surface area contributed by atoms with Gasteiger partial charge in [0.25, 0.3) is 0 Å². The van der Waals surface area contributed by atoms with Gasteiger partial charge in [-0.2, -0.15) is 0 Å². The molecule has 2 heteroatoms. The average Bonchev–Trinajstić information content (AvgIpc) is 2.20. The van der Waals surface area contributed by atoms with Crippen LogP contribution >= 0.6 is 0 Å². The van der Waals surface area contributed by atoms with E-state index in [1.54, 1.807) is 0 Å². The summed E-state index contributed by atoms with van der Waals surface area (Å²) in [5.74, 6) is 0.542. The summed E-state index contributed by atoms with van der Waals surface area (Å²) in [6.45, 7) is 16.1. The van der Waals surface area contributed by atoms with Gasteiger partial charge in [-0.3, -0.25) is 4.79 Å². The Bertz CT molecular complexity index is 238. The highest BCUT2D eigenvalue weighted by molar-refractivity contribution is 6.84. The van der Waals surface area contributed by atoms with Crippen LogP contribution in [0.15, 0.2) is 0 Å². The van der Waals surface area contributed by atoms with Gasteiger partial charge in [0.05, 0.1) is 8.07 Å². The molecule has 1 nitrogen and oxygen atoms in total. The molecule has 0 spiro atoms. The van der Waals surface area contributed by atoms with E-state index in [2.05, 4.69) is 47.7 Å². The molecule has 102 valence electrons. The fraction of sp³-hybridized carbons (Fsp3) is 0.933. The van der Waals surface area contributed by atoms with Crippen LogP contribution in [-0.2, 0) is 4.79 Å². The number of Topliss-reactive ketones (excluding diaryl/α,β-unsaturated/α-hetero) is 1. The van der Waals surface area contributed by atoms with Crippen LogP contribution in [0.25, 0.3) is 0 Å². The molecule has 0 aromatic rings. The van der Waals surface area contributed by atoms with Crippen LogP contribution in [0.2, 0.25) is 23.7 Å². The van der Waals surface area contributed by atoms with E-state index in [4.69, 9.17) is 0 Å². The van der Waals surface area contributed by atoms with Crippen LogP contribution in [0.1, 0.15) is 66.7 Å². The first-order valence-electron chi connectivity index (χ1n) is 7.21. The number of rotatable bonds is 7. The Morgan fingerprint density at radius 2 is 1.65 bits per heavy atom. The molecule has 1 atom stereocenters. The maximum absolute atomic E-state index is 12.4. The summed E-state index contributed by atoms with van der Waals surface area (Å²) in [5.41, 5.74) is 0.360. The zero-order valence-electron chi connectivity index (χ0n) is 13.0. The van der Waals surface area contributed by atoms with Crippen molar-refractivity contribution in [3.8, 4) is 0 Å². The minimum Gasteiger partial charge on any atom is -0.300 e. The van der Waals surface area contributed by atoms with Gasteiger partial charge in [0.15, 0.2) is 0 Å². The molecule has 17 heavy (non-hydrogen) atoms. The molecular weight excluding hydrogens is 224 g/mol. The normalized spacial score (nSPS) is 14.8. The summed E-state index contributed by atoms with van der Waals surface area (Å²) in [6.07, 6.45) is 5.22. The van der Waals surface area contributed by atoms with Crippen LogP contribution in [0.5, 0.6) is 0 Å². The highest BCUT2D eigenvalue weighted by Crippen LogP contribution is 2.46. The summed E-state index contributed by atoms with van der Waals surface area (Å²) in [7, 11) is -1.52. The third-order valence-corrected chi connectivity index (χ3v) is 10.8. The number of hydrogen-bond acceptors (Lipinski definition) is 1. The van der Waals surface area contributed by atoms with Crippen molar-refractivity contribution in [3.63, 3.8) is 0 Å². The largest absolute Gasteiger partial charge is 0.300 e. The van der Waals surface area contributed by atoms with E-state index in [-0.39, 0.29) is 0 Å². The molecule has 0 rings (SSSR count). The third kappa shape index (κ3) is 4.57. The summed E-state index contributed by atoms with van der Waals surface area (Å²) in [6, 6.07) is 0. The van der Waals surface area contributed by atoms with Gasteiger partial charge in [0.2, 0.25) is 0 Å². The average molecular weight is 257 g/mol. The SMILES string of the molecule is CCCCC(=O)C(CCC)[Si](C)(C)C(C)(C)C. The van der Waals surface area contributed by atoms with Gasteiger partial charge >= 0.3 is 0 Å². The van der Waals surface area contributed by atoms with Gasteiger partial charge in [0, 0.05) is 12.0 Å². The molecular formula is C15H32OSi. The second-order valence-electron chi connectivity index (χ2n) is 6.88. The number of ketones is 1. The molecule has 0 aliphatic heterocycles. The molecule has 0 aromatic heterocycles. The Morgan fingerprint density at radius 1 is 1.12 bits per heavy atom. The summed E-state index contributed by atoms with van der Waals surface area (Å²) in [5, 5.41) is 0.314. The van der Waals surface area contributed by atoms with Crippen molar-refractivity contribution in [2.24, 2.45) is 0 Å². The van der Waals surface area contributed by atoms with Crippen molar-refractivity contribution in [2.75, 3.05) is 0 Å². The predicted molar refractivity (Wildman–Crippen MR) is 80.4 cm³/mol. The van der Waals surface area contributed by atoms with Gasteiger partial charge in [0.1, 0.15) is 5.78 Å². The topological polar surface area (TPSA) is 17.1 Å². The summed E-state index contributed by atoms with van der Waals surface area (Å²) >= 11 is 0. The zero-order valence-corrected chi connectivity index (χ0v) is 14.0. The lowest BCUT2D eigenvalue weighted by Crippen LogP contribution is -2.45. The number of carbonyl (C=O) groups excluding carboxylic acids is 1. The van der Waals surface area contributed by atoms with E-state index >= 15 is 0 Å². The number of carbonyl (C=O) groups is 1. The van der Waals surface area contributed by atoms with Crippen molar-refractivity contribution in [3.05, 3.63) is 0 Å². The lowest BCUT2D eigenvalue weighted by atomic mass is 10.1. The van der Waals surface area contributed by atoms with E-state index in [1.807, 2.05) is 0 Å². The van der Waals surface area contributed by atoms with Crippen LogP contribution in [-0.4, -0.2) is 13.9 Å². The van der Waals surface area contributed by atoms with Crippen molar-refractivity contribution < 1.29 is 4.79 Å². The van der Waals surface area contributed by atoms with E-state index in [1.165, 1.54) is 0 Å². The van der Waals surface area contributed by atoms with Crippen molar-refractivity contribution in [1.82, 2.24) is 0 Å². The van der Waals surface area contributed by atoms with Gasteiger partial charge in [-0.1, -0.05) is 60.6 Å². The van der Waals surface area contributed by atoms with Crippen molar-refractivity contribution in [2.45, 2.75) is 90.4 Å². The minimum absolute atomic E-state index is 0.314. The molecule has 0 saturated carbocycles. The highest BCUT2D eigenvalue weighted by atomic mass is 28.3. The van der Waals surface area contributed by atoms with Gasteiger partial charge < -0.3 is 0 Å². The Morgan fingerprint density at radius 3 is 2.00 bits per heavy atom. The number of unbranched alkanes of at least 4 members (excludes halogenated alkanes) is 1. The molecule has 0 aliphatic carbocycles. The van der Waals surface area contributed by atoms with Crippen LogP contribution in [0, 0.1) is 0 Å². The minimum atomic E-state index is -1.52. The smallest absolute Gasteiger partial charge is 0.133 e. The monoisotopic (exact) mass is 256 g/mol. The number of hydrogen-bond donors (Lipinski definition) is 0. The first-order chi connectivity index (χ1) is 7.68. The predicted octanol–water partition coefficient (Wildman–Crippen LogP) is 5.42.